The monoisotopic (exact) mass is 591 g/mol. The van der Waals surface area contributed by atoms with Gasteiger partial charge >= 0.3 is 0 Å². The van der Waals surface area contributed by atoms with Crippen LogP contribution in [0.5, 0.6) is 0 Å². The van der Waals surface area contributed by atoms with Gasteiger partial charge in [0, 0.05) is 24.9 Å². The van der Waals surface area contributed by atoms with Crippen LogP contribution in [0.2, 0.25) is 0 Å². The van der Waals surface area contributed by atoms with Crippen LogP contribution in [-0.4, -0.2) is 81.6 Å². The summed E-state index contributed by atoms with van der Waals surface area (Å²) in [6.45, 7) is 1.95. The molecular weight excluding hydrogens is 566 g/mol. The first-order valence-electron chi connectivity index (χ1n) is 11.8. The Labute approximate surface area is 229 Å². The number of hydrogen-bond donors (Lipinski definition) is 1. The third kappa shape index (κ3) is 6.33. The number of benzene rings is 2. The SMILES string of the molecule is CS(=O)(=O)NCc1nnc(C(c2nc3ccc(-c4ccc(C(=O)N5CCOCC5)cc4)cc3s2)S(C)(=O)=O)o1. The van der Waals surface area contributed by atoms with Crippen LogP contribution in [0, 0.1) is 0 Å². The van der Waals surface area contributed by atoms with Gasteiger partial charge in [-0.2, -0.15) is 0 Å². The first-order chi connectivity index (χ1) is 18.5. The molecule has 0 spiro atoms. The molecule has 206 valence electrons. The van der Waals surface area contributed by atoms with E-state index >= 15 is 0 Å². The molecule has 1 atom stereocenters. The van der Waals surface area contributed by atoms with Crippen molar-refractivity contribution in [3.05, 3.63) is 64.8 Å². The molecule has 3 heterocycles. The van der Waals surface area contributed by atoms with Gasteiger partial charge in [0.15, 0.2) is 15.1 Å². The second kappa shape index (κ2) is 10.7. The number of rotatable bonds is 8. The highest BCUT2D eigenvalue weighted by atomic mass is 32.2. The second-order valence-electron chi connectivity index (χ2n) is 9.05. The first-order valence-corrected chi connectivity index (χ1v) is 16.5. The summed E-state index contributed by atoms with van der Waals surface area (Å²) in [6, 6.07) is 12.9. The number of thiazole rings is 1. The summed E-state index contributed by atoms with van der Waals surface area (Å²) in [5.74, 6) is -0.291. The first kappa shape index (κ1) is 27.3. The summed E-state index contributed by atoms with van der Waals surface area (Å²) in [5.41, 5.74) is 2.98. The molecular formula is C24H25N5O7S3. The molecule has 1 fully saturated rings. The average molecular weight is 592 g/mol. The summed E-state index contributed by atoms with van der Waals surface area (Å²) in [6.07, 6.45) is 2.03. The fourth-order valence-electron chi connectivity index (χ4n) is 4.10. The molecule has 1 amide bonds. The number of carbonyl (C=O) groups is 1. The number of ether oxygens (including phenoxy) is 1. The number of carbonyl (C=O) groups excluding carboxylic acids is 1. The van der Waals surface area contributed by atoms with E-state index in [1.807, 2.05) is 24.3 Å². The molecule has 2 aromatic carbocycles. The molecule has 1 unspecified atom stereocenters. The number of sulfonamides is 1. The van der Waals surface area contributed by atoms with Crippen LogP contribution in [0.25, 0.3) is 21.3 Å². The Morgan fingerprint density at radius 3 is 2.38 bits per heavy atom. The number of nitrogens with one attached hydrogen (secondary N) is 1. The molecule has 0 radical (unpaired) electrons. The molecule has 1 saturated heterocycles. The lowest BCUT2D eigenvalue weighted by Gasteiger charge is -2.26. The van der Waals surface area contributed by atoms with Gasteiger partial charge in [-0.3, -0.25) is 4.79 Å². The van der Waals surface area contributed by atoms with E-state index in [4.69, 9.17) is 9.15 Å². The largest absolute Gasteiger partial charge is 0.422 e. The third-order valence-corrected chi connectivity index (χ3v) is 9.20. The maximum absolute atomic E-state index is 12.7. The van der Waals surface area contributed by atoms with E-state index in [-0.39, 0.29) is 29.2 Å². The van der Waals surface area contributed by atoms with Crippen LogP contribution >= 0.6 is 11.3 Å². The normalized spacial score (nSPS) is 15.5. The van der Waals surface area contributed by atoms with Gasteiger partial charge in [0.1, 0.15) is 5.01 Å². The van der Waals surface area contributed by atoms with Crippen molar-refractivity contribution >= 4 is 47.3 Å². The highest BCUT2D eigenvalue weighted by Crippen LogP contribution is 2.36. The van der Waals surface area contributed by atoms with Gasteiger partial charge in [0.2, 0.25) is 21.8 Å². The Bertz CT molecular complexity index is 1730. The van der Waals surface area contributed by atoms with E-state index in [0.717, 1.165) is 28.3 Å². The highest BCUT2D eigenvalue weighted by Gasteiger charge is 2.34. The zero-order valence-electron chi connectivity index (χ0n) is 21.0. The molecule has 0 bridgehead atoms. The molecule has 12 nitrogen and oxygen atoms in total. The number of sulfone groups is 1. The van der Waals surface area contributed by atoms with E-state index in [1.54, 1.807) is 23.1 Å². The molecule has 2 aromatic heterocycles. The molecule has 1 aliphatic rings. The van der Waals surface area contributed by atoms with E-state index < -0.39 is 25.1 Å². The van der Waals surface area contributed by atoms with Crippen LogP contribution < -0.4 is 4.72 Å². The lowest BCUT2D eigenvalue weighted by molar-refractivity contribution is 0.0303. The molecule has 1 N–H and O–H groups in total. The molecule has 0 saturated carbocycles. The number of hydrogen-bond acceptors (Lipinski definition) is 11. The Morgan fingerprint density at radius 2 is 1.72 bits per heavy atom. The second-order valence-corrected chi connectivity index (χ2v) is 14.1. The Balaban J connectivity index is 1.40. The predicted molar refractivity (Wildman–Crippen MR) is 144 cm³/mol. The van der Waals surface area contributed by atoms with E-state index in [0.29, 0.717) is 37.4 Å². The number of nitrogens with zero attached hydrogens (tertiary/aromatic N) is 4. The minimum Gasteiger partial charge on any atom is -0.422 e. The maximum Gasteiger partial charge on any atom is 0.254 e. The molecule has 5 rings (SSSR count). The van der Waals surface area contributed by atoms with Crippen LogP contribution in [-0.2, 0) is 31.1 Å². The molecule has 1 aliphatic heterocycles. The number of morpholine rings is 1. The van der Waals surface area contributed by atoms with Gasteiger partial charge in [0.25, 0.3) is 5.91 Å². The van der Waals surface area contributed by atoms with Crippen molar-refractivity contribution in [2.24, 2.45) is 0 Å². The van der Waals surface area contributed by atoms with Crippen LogP contribution in [0.1, 0.15) is 32.4 Å². The Kier molecular flexibility index (Phi) is 7.52. The third-order valence-electron chi connectivity index (χ3n) is 6.01. The zero-order valence-corrected chi connectivity index (χ0v) is 23.5. The quantitative estimate of drug-likeness (QED) is 0.321. The molecule has 0 aliphatic carbocycles. The van der Waals surface area contributed by atoms with Crippen LogP contribution in [0.15, 0.2) is 46.9 Å². The smallest absolute Gasteiger partial charge is 0.254 e. The average Bonchev–Trinajstić information content (AvgIpc) is 3.53. The van der Waals surface area contributed by atoms with Crippen molar-refractivity contribution in [3.63, 3.8) is 0 Å². The van der Waals surface area contributed by atoms with Gasteiger partial charge in [0.05, 0.1) is 36.2 Å². The summed E-state index contributed by atoms with van der Waals surface area (Å²) >= 11 is 1.19. The Hall–Kier alpha value is -3.24. The van der Waals surface area contributed by atoms with Gasteiger partial charge in [-0.25, -0.2) is 26.5 Å². The van der Waals surface area contributed by atoms with Crippen molar-refractivity contribution in [2.75, 3.05) is 38.8 Å². The van der Waals surface area contributed by atoms with Crippen molar-refractivity contribution in [3.8, 4) is 11.1 Å². The number of fused-ring (bicyclic) bond motifs is 1. The van der Waals surface area contributed by atoms with Gasteiger partial charge < -0.3 is 14.1 Å². The minimum absolute atomic E-state index is 0.0319. The summed E-state index contributed by atoms with van der Waals surface area (Å²) in [5, 5.41) is 6.57. The predicted octanol–water partition coefficient (Wildman–Crippen LogP) is 2.00. The number of aromatic nitrogens is 3. The lowest BCUT2D eigenvalue weighted by Crippen LogP contribution is -2.40. The van der Waals surface area contributed by atoms with E-state index in [2.05, 4.69) is 19.9 Å². The van der Waals surface area contributed by atoms with Crippen molar-refractivity contribution in [1.82, 2.24) is 24.8 Å². The number of amides is 1. The van der Waals surface area contributed by atoms with Crippen LogP contribution in [0.4, 0.5) is 0 Å². The standard InChI is InChI=1S/C24H25N5O7S3/c1-38(31,32)21(22-28-27-20(36-22)14-25-39(2,33)34)23-26-18-8-7-17(13-19(18)37-23)15-3-5-16(6-4-15)24(30)29-9-11-35-12-10-29/h3-8,13,21,25H,9-12,14H2,1-2H3. The summed E-state index contributed by atoms with van der Waals surface area (Å²) in [7, 11) is -7.26. The highest BCUT2D eigenvalue weighted by molar-refractivity contribution is 7.91. The fourth-order valence-corrected chi connectivity index (χ4v) is 7.01. The fraction of sp³-hybridized carbons (Fsp3) is 0.333. The zero-order chi connectivity index (χ0) is 27.8. The van der Waals surface area contributed by atoms with Gasteiger partial charge in [-0.15, -0.1) is 21.5 Å². The lowest BCUT2D eigenvalue weighted by atomic mass is 10.0. The van der Waals surface area contributed by atoms with Crippen molar-refractivity contribution in [1.29, 1.82) is 0 Å². The summed E-state index contributed by atoms with van der Waals surface area (Å²) < 4.78 is 61.9. The van der Waals surface area contributed by atoms with Crippen molar-refractivity contribution < 1.29 is 30.8 Å². The topological polar surface area (TPSA) is 162 Å². The van der Waals surface area contributed by atoms with E-state index in [1.165, 1.54) is 11.3 Å². The van der Waals surface area contributed by atoms with Crippen LogP contribution in [0.3, 0.4) is 0 Å². The van der Waals surface area contributed by atoms with Gasteiger partial charge in [-0.05, 0) is 35.4 Å². The minimum atomic E-state index is -3.76. The van der Waals surface area contributed by atoms with E-state index in [9.17, 15) is 21.6 Å². The van der Waals surface area contributed by atoms with Gasteiger partial charge in [-0.1, -0.05) is 18.2 Å². The molecule has 15 heteroatoms. The molecule has 39 heavy (non-hydrogen) atoms. The molecule has 4 aromatic rings. The summed E-state index contributed by atoms with van der Waals surface area (Å²) in [4.78, 5) is 19.0. The van der Waals surface area contributed by atoms with Crippen molar-refractivity contribution in [2.45, 2.75) is 11.8 Å². The Morgan fingerprint density at radius 1 is 1.03 bits per heavy atom. The maximum atomic E-state index is 12.7.